The first kappa shape index (κ1) is 20.1. The van der Waals surface area contributed by atoms with Crippen molar-refractivity contribution in [2.75, 3.05) is 11.9 Å². The predicted octanol–water partition coefficient (Wildman–Crippen LogP) is 2.45. The molecule has 1 heterocycles. The molecule has 1 aromatic heterocycles. The van der Waals surface area contributed by atoms with Gasteiger partial charge in [-0.3, -0.25) is 4.79 Å². The first-order chi connectivity index (χ1) is 12.2. The number of hydrogen-bond acceptors (Lipinski definition) is 6. The molecule has 0 spiro atoms. The number of sulfonamides is 1. The van der Waals surface area contributed by atoms with Gasteiger partial charge in [0.15, 0.2) is 6.61 Å². The number of benzene rings is 1. The molecular weight excluding hydrogens is 376 g/mol. The smallest absolute Gasteiger partial charge is 0.348 e. The first-order valence-corrected chi connectivity index (χ1v) is 10.3. The number of aryl methyl sites for hydroxylation is 2. The molecule has 2 aromatic rings. The molecule has 0 unspecified atom stereocenters. The Labute approximate surface area is 156 Å². The lowest BCUT2D eigenvalue weighted by atomic mass is 10.1. The summed E-state index contributed by atoms with van der Waals surface area (Å²) in [6.07, 6.45) is 1.86. The number of nitrogens with one attached hydrogen (secondary N) is 1. The fourth-order valence-electron chi connectivity index (χ4n) is 2.29. The third-order valence-electron chi connectivity index (χ3n) is 3.52. The number of nitrogens with two attached hydrogens (primary N) is 1. The summed E-state index contributed by atoms with van der Waals surface area (Å²) in [4.78, 5) is 25.4. The third-order valence-corrected chi connectivity index (χ3v) is 5.51. The summed E-state index contributed by atoms with van der Waals surface area (Å²) in [7, 11) is -3.86. The van der Waals surface area contributed by atoms with E-state index in [2.05, 4.69) is 12.2 Å². The van der Waals surface area contributed by atoms with Crippen molar-refractivity contribution in [3.63, 3.8) is 0 Å². The Morgan fingerprint density at radius 1 is 1.27 bits per heavy atom. The molecule has 26 heavy (non-hydrogen) atoms. The normalized spacial score (nSPS) is 11.2. The topological polar surface area (TPSA) is 116 Å². The molecule has 0 atom stereocenters. The maximum absolute atomic E-state index is 12.1. The minimum atomic E-state index is -3.86. The van der Waals surface area contributed by atoms with Crippen LogP contribution in [0.1, 0.15) is 33.5 Å². The van der Waals surface area contributed by atoms with Gasteiger partial charge in [-0.1, -0.05) is 19.4 Å². The van der Waals surface area contributed by atoms with Crippen molar-refractivity contribution in [3.05, 3.63) is 45.6 Å². The van der Waals surface area contributed by atoms with Crippen molar-refractivity contribution in [2.24, 2.45) is 5.14 Å². The minimum Gasteiger partial charge on any atom is -0.451 e. The highest BCUT2D eigenvalue weighted by Crippen LogP contribution is 2.23. The van der Waals surface area contributed by atoms with Gasteiger partial charge in [0.2, 0.25) is 10.0 Å². The second-order valence-electron chi connectivity index (χ2n) is 5.64. The largest absolute Gasteiger partial charge is 0.451 e. The molecule has 2 rings (SSSR count). The number of carbonyl (C=O) groups excluding carboxylic acids is 2. The van der Waals surface area contributed by atoms with Crippen molar-refractivity contribution in [2.45, 2.75) is 31.6 Å². The van der Waals surface area contributed by atoms with E-state index in [0.29, 0.717) is 4.88 Å². The SMILES string of the molecule is CCCc1cc(C(=O)OCC(=O)Nc2cccc(S(N)(=O)=O)c2)sc1C. The van der Waals surface area contributed by atoms with Crippen LogP contribution in [-0.2, 0) is 26.0 Å². The fraction of sp³-hybridized carbons (Fsp3) is 0.294. The fourth-order valence-corrected chi connectivity index (χ4v) is 3.81. The van der Waals surface area contributed by atoms with Crippen LogP contribution in [0, 0.1) is 6.92 Å². The van der Waals surface area contributed by atoms with E-state index in [4.69, 9.17) is 9.88 Å². The Bertz CT molecular complexity index is 919. The van der Waals surface area contributed by atoms with Crippen LogP contribution in [0.3, 0.4) is 0 Å². The van der Waals surface area contributed by atoms with Gasteiger partial charge in [0, 0.05) is 10.6 Å². The van der Waals surface area contributed by atoms with E-state index in [1.807, 2.05) is 6.92 Å². The number of carbonyl (C=O) groups is 2. The zero-order chi connectivity index (χ0) is 19.3. The third kappa shape index (κ3) is 5.38. The highest BCUT2D eigenvalue weighted by Gasteiger charge is 2.15. The van der Waals surface area contributed by atoms with Crippen molar-refractivity contribution in [3.8, 4) is 0 Å². The van der Waals surface area contributed by atoms with Gasteiger partial charge in [0.1, 0.15) is 4.88 Å². The molecule has 0 bridgehead atoms. The Balaban J connectivity index is 1.94. The molecule has 0 fully saturated rings. The molecule has 1 amide bonds. The summed E-state index contributed by atoms with van der Waals surface area (Å²) in [5, 5.41) is 7.51. The van der Waals surface area contributed by atoms with E-state index >= 15 is 0 Å². The summed E-state index contributed by atoms with van der Waals surface area (Å²) in [5.41, 5.74) is 1.35. The Morgan fingerprint density at radius 2 is 2.00 bits per heavy atom. The number of anilines is 1. The predicted molar refractivity (Wildman–Crippen MR) is 99.8 cm³/mol. The van der Waals surface area contributed by atoms with Crippen LogP contribution < -0.4 is 10.5 Å². The molecule has 0 aliphatic carbocycles. The van der Waals surface area contributed by atoms with E-state index in [0.717, 1.165) is 23.3 Å². The number of hydrogen-bond donors (Lipinski definition) is 2. The van der Waals surface area contributed by atoms with Gasteiger partial charge in [-0.15, -0.1) is 11.3 Å². The molecule has 140 valence electrons. The average molecular weight is 396 g/mol. The highest BCUT2D eigenvalue weighted by atomic mass is 32.2. The van der Waals surface area contributed by atoms with Crippen LogP contribution in [-0.4, -0.2) is 26.9 Å². The van der Waals surface area contributed by atoms with E-state index in [-0.39, 0.29) is 10.6 Å². The van der Waals surface area contributed by atoms with Crippen molar-refractivity contribution < 1.29 is 22.7 Å². The lowest BCUT2D eigenvalue weighted by Gasteiger charge is -2.07. The van der Waals surface area contributed by atoms with E-state index in [9.17, 15) is 18.0 Å². The Hall–Kier alpha value is -2.23. The molecule has 0 aliphatic heterocycles. The monoisotopic (exact) mass is 396 g/mol. The molecule has 9 heteroatoms. The molecule has 0 saturated heterocycles. The zero-order valence-electron chi connectivity index (χ0n) is 14.4. The Kier molecular flexibility index (Phi) is 6.52. The van der Waals surface area contributed by atoms with E-state index in [1.165, 1.54) is 35.6 Å². The van der Waals surface area contributed by atoms with Crippen LogP contribution in [0.4, 0.5) is 5.69 Å². The average Bonchev–Trinajstić information content (AvgIpc) is 2.93. The molecule has 0 saturated carbocycles. The van der Waals surface area contributed by atoms with Gasteiger partial charge >= 0.3 is 5.97 Å². The van der Waals surface area contributed by atoms with Crippen LogP contribution in [0.2, 0.25) is 0 Å². The number of primary sulfonamides is 1. The van der Waals surface area contributed by atoms with Crippen LogP contribution in [0.25, 0.3) is 0 Å². The second kappa shape index (κ2) is 8.43. The van der Waals surface area contributed by atoms with Gasteiger partial charge in [-0.05, 0) is 43.2 Å². The van der Waals surface area contributed by atoms with Crippen LogP contribution in [0.5, 0.6) is 0 Å². The maximum Gasteiger partial charge on any atom is 0.348 e. The van der Waals surface area contributed by atoms with Gasteiger partial charge in [0.05, 0.1) is 4.90 Å². The summed E-state index contributed by atoms with van der Waals surface area (Å²) in [6.45, 7) is 3.53. The molecule has 0 radical (unpaired) electrons. The molecule has 0 aliphatic rings. The second-order valence-corrected chi connectivity index (χ2v) is 8.46. The van der Waals surface area contributed by atoms with Crippen molar-refractivity contribution >= 4 is 38.9 Å². The minimum absolute atomic E-state index is 0.121. The lowest BCUT2D eigenvalue weighted by Crippen LogP contribution is -2.21. The van der Waals surface area contributed by atoms with E-state index in [1.54, 1.807) is 6.07 Å². The molecule has 7 nitrogen and oxygen atoms in total. The van der Waals surface area contributed by atoms with Crippen LogP contribution in [0.15, 0.2) is 35.2 Å². The first-order valence-electron chi connectivity index (χ1n) is 7.90. The quantitative estimate of drug-likeness (QED) is 0.698. The molecule has 1 aromatic carbocycles. The van der Waals surface area contributed by atoms with Gasteiger partial charge in [0.25, 0.3) is 5.91 Å². The Morgan fingerprint density at radius 3 is 2.65 bits per heavy atom. The lowest BCUT2D eigenvalue weighted by molar-refractivity contribution is -0.119. The van der Waals surface area contributed by atoms with Crippen molar-refractivity contribution in [1.82, 2.24) is 0 Å². The summed E-state index contributed by atoms with van der Waals surface area (Å²) in [5.74, 6) is -1.14. The molecular formula is C17H20N2O5S2. The zero-order valence-corrected chi connectivity index (χ0v) is 16.1. The van der Waals surface area contributed by atoms with Crippen LogP contribution >= 0.6 is 11.3 Å². The van der Waals surface area contributed by atoms with Gasteiger partial charge in [-0.25, -0.2) is 18.4 Å². The van der Waals surface area contributed by atoms with E-state index < -0.39 is 28.5 Å². The number of ether oxygens (including phenoxy) is 1. The standard InChI is InChI=1S/C17H20N2O5S2/c1-3-5-12-8-15(25-11(12)2)17(21)24-10-16(20)19-13-6-4-7-14(9-13)26(18,22)23/h4,6-9H,3,5,10H2,1-2H3,(H,19,20)(H2,18,22,23). The number of thiophene rings is 1. The summed E-state index contributed by atoms with van der Waals surface area (Å²) in [6, 6.07) is 7.30. The number of amides is 1. The highest BCUT2D eigenvalue weighted by molar-refractivity contribution is 7.89. The summed E-state index contributed by atoms with van der Waals surface area (Å²) >= 11 is 1.34. The molecule has 3 N–H and O–H groups in total. The number of rotatable bonds is 7. The van der Waals surface area contributed by atoms with Crippen molar-refractivity contribution in [1.29, 1.82) is 0 Å². The number of esters is 1. The summed E-state index contributed by atoms with van der Waals surface area (Å²) < 4.78 is 27.7. The van der Waals surface area contributed by atoms with Gasteiger partial charge < -0.3 is 10.1 Å². The maximum atomic E-state index is 12.1. The van der Waals surface area contributed by atoms with Gasteiger partial charge in [-0.2, -0.15) is 0 Å².